The minimum atomic E-state index is -3.97. The van der Waals surface area contributed by atoms with Gasteiger partial charge in [-0.15, -0.1) is 0 Å². The Hall–Kier alpha value is -2.49. The van der Waals surface area contributed by atoms with Gasteiger partial charge in [-0.3, -0.25) is 10.1 Å². The Morgan fingerprint density at radius 2 is 1.96 bits per heavy atom. The molecule has 0 saturated heterocycles. The lowest BCUT2D eigenvalue weighted by Crippen LogP contribution is -2.24. The SMILES string of the molecule is COc1ccc([N+](=O)[O-])cc1S(=O)(=O)NCc1ccc2c(c1)CNC2. The largest absolute Gasteiger partial charge is 0.495 e. The molecule has 0 spiro atoms. The fraction of sp³-hybridized carbons (Fsp3) is 0.250. The van der Waals surface area contributed by atoms with E-state index in [-0.39, 0.29) is 22.9 Å². The van der Waals surface area contributed by atoms with E-state index in [2.05, 4.69) is 10.0 Å². The number of non-ortho nitro benzene ring substituents is 1. The fourth-order valence-electron chi connectivity index (χ4n) is 2.70. The summed E-state index contributed by atoms with van der Waals surface area (Å²) in [5.74, 6) is 0.0521. The van der Waals surface area contributed by atoms with E-state index in [1.54, 1.807) is 0 Å². The maximum absolute atomic E-state index is 12.6. The molecule has 0 aliphatic carbocycles. The number of nitrogens with one attached hydrogen (secondary N) is 2. The number of nitrogens with zero attached hydrogens (tertiary/aromatic N) is 1. The van der Waals surface area contributed by atoms with E-state index in [4.69, 9.17) is 4.74 Å². The number of hydrogen-bond acceptors (Lipinski definition) is 6. The Bertz CT molecular complexity index is 927. The Morgan fingerprint density at radius 3 is 2.68 bits per heavy atom. The lowest BCUT2D eigenvalue weighted by molar-refractivity contribution is -0.385. The van der Waals surface area contributed by atoms with Crippen LogP contribution in [0.3, 0.4) is 0 Å². The predicted molar refractivity (Wildman–Crippen MR) is 90.7 cm³/mol. The number of rotatable bonds is 6. The standard InChI is InChI=1S/C16H17N3O5S/c1-24-15-5-4-14(19(20)21)7-16(15)25(22,23)18-8-11-2-3-12-9-17-10-13(12)6-11/h2-7,17-18H,8-10H2,1H3. The summed E-state index contributed by atoms with van der Waals surface area (Å²) in [6, 6.07) is 9.24. The maximum atomic E-state index is 12.6. The fourth-order valence-corrected chi connectivity index (χ4v) is 3.91. The first kappa shape index (κ1) is 17.3. The number of sulfonamides is 1. The molecule has 9 heteroatoms. The zero-order valence-corrected chi connectivity index (χ0v) is 14.3. The Labute approximate surface area is 145 Å². The molecule has 0 unspecified atom stereocenters. The molecule has 0 fully saturated rings. The first-order chi connectivity index (χ1) is 11.9. The van der Waals surface area contributed by atoms with Gasteiger partial charge in [-0.2, -0.15) is 0 Å². The third-order valence-electron chi connectivity index (χ3n) is 4.02. The van der Waals surface area contributed by atoms with Gasteiger partial charge >= 0.3 is 0 Å². The summed E-state index contributed by atoms with van der Waals surface area (Å²) in [5.41, 5.74) is 2.84. The molecule has 132 valence electrons. The van der Waals surface area contributed by atoms with Crippen LogP contribution in [0.25, 0.3) is 0 Å². The minimum absolute atomic E-state index is 0.0521. The third kappa shape index (κ3) is 3.63. The van der Waals surface area contributed by atoms with Crippen molar-refractivity contribution in [3.63, 3.8) is 0 Å². The van der Waals surface area contributed by atoms with Crippen LogP contribution in [0.2, 0.25) is 0 Å². The molecule has 0 bridgehead atoms. The highest BCUT2D eigenvalue weighted by Gasteiger charge is 2.23. The normalized spacial score (nSPS) is 13.5. The van der Waals surface area contributed by atoms with Gasteiger partial charge in [-0.05, 0) is 22.8 Å². The highest BCUT2D eigenvalue weighted by molar-refractivity contribution is 7.89. The van der Waals surface area contributed by atoms with Crippen molar-refractivity contribution < 1.29 is 18.1 Å². The van der Waals surface area contributed by atoms with Crippen molar-refractivity contribution >= 4 is 15.7 Å². The molecule has 1 aliphatic rings. The summed E-state index contributed by atoms with van der Waals surface area (Å²) in [7, 11) is -2.65. The van der Waals surface area contributed by atoms with Crippen LogP contribution in [0, 0.1) is 10.1 Å². The molecule has 0 atom stereocenters. The van der Waals surface area contributed by atoms with Gasteiger partial charge in [-0.1, -0.05) is 18.2 Å². The maximum Gasteiger partial charge on any atom is 0.271 e. The van der Waals surface area contributed by atoms with Crippen LogP contribution in [-0.2, 0) is 29.7 Å². The molecule has 8 nitrogen and oxygen atoms in total. The number of nitro benzene ring substituents is 1. The predicted octanol–water partition coefficient (Wildman–Crippen LogP) is 1.69. The Kier molecular flexibility index (Phi) is 4.71. The van der Waals surface area contributed by atoms with Crippen molar-refractivity contribution in [2.75, 3.05) is 7.11 Å². The second-order valence-corrected chi connectivity index (χ2v) is 7.36. The summed E-state index contributed by atoms with van der Waals surface area (Å²) in [6.07, 6.45) is 0. The summed E-state index contributed by atoms with van der Waals surface area (Å²) in [4.78, 5) is 10.0. The monoisotopic (exact) mass is 363 g/mol. The van der Waals surface area contributed by atoms with Gasteiger partial charge in [0.05, 0.1) is 12.0 Å². The topological polar surface area (TPSA) is 111 Å². The molecule has 2 aromatic carbocycles. The highest BCUT2D eigenvalue weighted by Crippen LogP contribution is 2.28. The van der Waals surface area contributed by atoms with Gasteiger partial charge in [0.1, 0.15) is 10.6 Å². The molecule has 1 aliphatic heterocycles. The summed E-state index contributed by atoms with van der Waals surface area (Å²) in [6.45, 7) is 1.66. The number of methoxy groups -OCH3 is 1. The summed E-state index contributed by atoms with van der Waals surface area (Å²) >= 11 is 0. The number of hydrogen-bond donors (Lipinski definition) is 2. The van der Waals surface area contributed by atoms with Crippen LogP contribution in [-0.4, -0.2) is 20.5 Å². The molecule has 2 N–H and O–H groups in total. The van der Waals surface area contributed by atoms with E-state index in [0.717, 1.165) is 30.3 Å². The van der Waals surface area contributed by atoms with Crippen molar-refractivity contribution in [2.24, 2.45) is 0 Å². The zero-order chi connectivity index (χ0) is 18.0. The van der Waals surface area contributed by atoms with Crippen LogP contribution in [0.5, 0.6) is 5.75 Å². The van der Waals surface area contributed by atoms with E-state index in [1.807, 2.05) is 18.2 Å². The molecule has 0 aromatic heterocycles. The zero-order valence-electron chi connectivity index (χ0n) is 13.5. The molecule has 3 rings (SSSR count). The van der Waals surface area contributed by atoms with Crippen LogP contribution >= 0.6 is 0 Å². The second kappa shape index (κ2) is 6.79. The van der Waals surface area contributed by atoms with E-state index >= 15 is 0 Å². The Balaban J connectivity index is 1.84. The third-order valence-corrected chi connectivity index (χ3v) is 5.44. The van der Waals surface area contributed by atoms with Gasteiger partial charge in [-0.25, -0.2) is 13.1 Å². The van der Waals surface area contributed by atoms with Crippen molar-refractivity contribution in [3.05, 3.63) is 63.2 Å². The average molecular weight is 363 g/mol. The van der Waals surface area contributed by atoms with Gasteiger partial charge in [0.2, 0.25) is 10.0 Å². The van der Waals surface area contributed by atoms with Crippen molar-refractivity contribution in [1.29, 1.82) is 0 Å². The van der Waals surface area contributed by atoms with Gasteiger partial charge in [0.15, 0.2) is 0 Å². The molecule has 2 aromatic rings. The number of benzene rings is 2. The Morgan fingerprint density at radius 1 is 1.20 bits per heavy atom. The lowest BCUT2D eigenvalue weighted by Gasteiger charge is -2.11. The first-order valence-corrected chi connectivity index (χ1v) is 9.02. The van der Waals surface area contributed by atoms with Crippen LogP contribution in [0.4, 0.5) is 5.69 Å². The summed E-state index contributed by atoms with van der Waals surface area (Å²) < 4.78 is 32.6. The average Bonchev–Trinajstić information content (AvgIpc) is 3.07. The lowest BCUT2D eigenvalue weighted by atomic mass is 10.1. The number of fused-ring (bicyclic) bond motifs is 1. The second-order valence-electron chi connectivity index (χ2n) is 5.62. The van der Waals surface area contributed by atoms with Crippen molar-refractivity contribution in [1.82, 2.24) is 10.0 Å². The smallest absolute Gasteiger partial charge is 0.271 e. The van der Waals surface area contributed by atoms with Gasteiger partial charge in [0, 0.05) is 31.8 Å². The molecule has 0 amide bonds. The van der Waals surface area contributed by atoms with Gasteiger partial charge in [0.25, 0.3) is 5.69 Å². The van der Waals surface area contributed by atoms with Crippen molar-refractivity contribution in [3.8, 4) is 5.75 Å². The number of nitro groups is 1. The molecule has 0 radical (unpaired) electrons. The van der Waals surface area contributed by atoms with E-state index in [0.29, 0.717) is 0 Å². The minimum Gasteiger partial charge on any atom is -0.495 e. The quantitative estimate of drug-likeness (QED) is 0.597. The van der Waals surface area contributed by atoms with E-state index in [1.165, 1.54) is 24.8 Å². The number of ether oxygens (including phenoxy) is 1. The van der Waals surface area contributed by atoms with Crippen LogP contribution < -0.4 is 14.8 Å². The van der Waals surface area contributed by atoms with Crippen LogP contribution in [0.1, 0.15) is 16.7 Å². The first-order valence-electron chi connectivity index (χ1n) is 7.54. The van der Waals surface area contributed by atoms with E-state index in [9.17, 15) is 18.5 Å². The van der Waals surface area contributed by atoms with Gasteiger partial charge < -0.3 is 10.1 Å². The van der Waals surface area contributed by atoms with Crippen LogP contribution in [0.15, 0.2) is 41.3 Å². The van der Waals surface area contributed by atoms with Crippen molar-refractivity contribution in [2.45, 2.75) is 24.5 Å². The highest BCUT2D eigenvalue weighted by atomic mass is 32.2. The molecular formula is C16H17N3O5S. The molecular weight excluding hydrogens is 346 g/mol. The molecule has 25 heavy (non-hydrogen) atoms. The molecule has 1 heterocycles. The van der Waals surface area contributed by atoms with E-state index < -0.39 is 14.9 Å². The summed E-state index contributed by atoms with van der Waals surface area (Å²) in [5, 5.41) is 14.1. The molecule has 0 saturated carbocycles.